The molecule has 5 nitrogen and oxygen atoms in total. The van der Waals surface area contributed by atoms with Gasteiger partial charge in [0, 0.05) is 5.69 Å². The second-order valence-corrected chi connectivity index (χ2v) is 8.33. The SMILES string of the molecule is Cc1ccc(NC(=O)Cc2ccc3c(c2)CCC3)cc1NS(C)(=O)=O. The molecule has 0 fully saturated rings. The molecule has 3 rings (SSSR count). The fraction of sp³-hybridized carbons (Fsp3) is 0.316. The first kappa shape index (κ1) is 17.5. The topological polar surface area (TPSA) is 75.3 Å². The predicted molar refractivity (Wildman–Crippen MR) is 100 cm³/mol. The smallest absolute Gasteiger partial charge is 0.229 e. The molecule has 0 heterocycles. The Morgan fingerprint density at radius 3 is 2.60 bits per heavy atom. The number of hydrogen-bond acceptors (Lipinski definition) is 3. The molecule has 1 amide bonds. The van der Waals surface area contributed by atoms with Crippen molar-refractivity contribution < 1.29 is 13.2 Å². The van der Waals surface area contributed by atoms with Gasteiger partial charge in [0.25, 0.3) is 0 Å². The number of aryl methyl sites for hydroxylation is 3. The summed E-state index contributed by atoms with van der Waals surface area (Å²) in [5.74, 6) is -0.118. The minimum Gasteiger partial charge on any atom is -0.326 e. The zero-order chi connectivity index (χ0) is 18.0. The second kappa shape index (κ2) is 6.88. The van der Waals surface area contributed by atoms with Crippen molar-refractivity contribution in [1.82, 2.24) is 0 Å². The average molecular weight is 358 g/mol. The van der Waals surface area contributed by atoms with Crippen molar-refractivity contribution in [3.63, 3.8) is 0 Å². The molecule has 0 saturated carbocycles. The van der Waals surface area contributed by atoms with E-state index in [0.717, 1.165) is 30.2 Å². The molecule has 25 heavy (non-hydrogen) atoms. The van der Waals surface area contributed by atoms with Crippen molar-refractivity contribution in [3.05, 3.63) is 58.7 Å². The third-order valence-electron chi connectivity index (χ3n) is 4.34. The number of carbonyl (C=O) groups excluding carboxylic acids is 1. The Kier molecular flexibility index (Phi) is 4.81. The maximum absolute atomic E-state index is 12.3. The normalized spacial score (nSPS) is 13.4. The Morgan fingerprint density at radius 1 is 1.08 bits per heavy atom. The van der Waals surface area contributed by atoms with E-state index in [1.165, 1.54) is 17.5 Å². The highest BCUT2D eigenvalue weighted by molar-refractivity contribution is 7.92. The molecule has 0 spiro atoms. The monoisotopic (exact) mass is 358 g/mol. The van der Waals surface area contributed by atoms with Crippen LogP contribution in [-0.2, 0) is 34.1 Å². The van der Waals surface area contributed by atoms with E-state index >= 15 is 0 Å². The lowest BCUT2D eigenvalue weighted by Gasteiger charge is -2.11. The number of fused-ring (bicyclic) bond motifs is 1. The molecule has 0 aromatic heterocycles. The number of rotatable bonds is 5. The number of benzene rings is 2. The van der Waals surface area contributed by atoms with Gasteiger partial charge in [0.1, 0.15) is 0 Å². The number of sulfonamides is 1. The first-order valence-corrected chi connectivity index (χ1v) is 10.2. The minimum absolute atomic E-state index is 0.118. The molecule has 2 N–H and O–H groups in total. The number of amides is 1. The summed E-state index contributed by atoms with van der Waals surface area (Å²) in [7, 11) is -3.36. The second-order valence-electron chi connectivity index (χ2n) is 6.59. The standard InChI is InChI=1S/C19H22N2O3S/c1-13-6-9-17(12-18(13)21-25(2,23)24)20-19(22)11-14-7-8-15-4-3-5-16(15)10-14/h6-10,12,21H,3-5,11H2,1-2H3,(H,20,22). The summed E-state index contributed by atoms with van der Waals surface area (Å²) in [6, 6.07) is 11.4. The van der Waals surface area contributed by atoms with E-state index in [-0.39, 0.29) is 5.91 Å². The number of anilines is 2. The summed E-state index contributed by atoms with van der Waals surface area (Å²) in [5, 5.41) is 2.84. The van der Waals surface area contributed by atoms with E-state index in [4.69, 9.17) is 0 Å². The van der Waals surface area contributed by atoms with Gasteiger partial charge >= 0.3 is 0 Å². The van der Waals surface area contributed by atoms with Crippen molar-refractivity contribution in [1.29, 1.82) is 0 Å². The molecule has 6 heteroatoms. The van der Waals surface area contributed by atoms with Crippen LogP contribution < -0.4 is 10.0 Å². The highest BCUT2D eigenvalue weighted by atomic mass is 32.2. The molecule has 1 aliphatic carbocycles. The van der Waals surface area contributed by atoms with Gasteiger partial charge in [0.2, 0.25) is 15.9 Å². The van der Waals surface area contributed by atoms with Crippen LogP contribution in [0.2, 0.25) is 0 Å². The first-order chi connectivity index (χ1) is 11.8. The van der Waals surface area contributed by atoms with Gasteiger partial charge in [-0.3, -0.25) is 9.52 Å². The van der Waals surface area contributed by atoms with Gasteiger partial charge in [-0.05, 0) is 60.6 Å². The van der Waals surface area contributed by atoms with Crippen LogP contribution in [0.1, 0.15) is 28.7 Å². The molecule has 132 valence electrons. The van der Waals surface area contributed by atoms with E-state index in [1.54, 1.807) is 18.2 Å². The number of nitrogens with one attached hydrogen (secondary N) is 2. The fourth-order valence-corrected chi connectivity index (χ4v) is 3.75. The Bertz CT molecular complexity index is 920. The molecule has 0 atom stereocenters. The summed E-state index contributed by atoms with van der Waals surface area (Å²) in [5.41, 5.74) is 5.57. The largest absolute Gasteiger partial charge is 0.326 e. The molecule has 1 aliphatic rings. The summed E-state index contributed by atoms with van der Waals surface area (Å²) < 4.78 is 25.3. The number of hydrogen-bond donors (Lipinski definition) is 2. The quantitative estimate of drug-likeness (QED) is 0.863. The Labute approximate surface area is 148 Å². The van der Waals surface area contributed by atoms with E-state index in [1.807, 2.05) is 13.0 Å². The van der Waals surface area contributed by atoms with Crippen molar-refractivity contribution >= 4 is 27.3 Å². The Balaban J connectivity index is 1.69. The lowest BCUT2D eigenvalue weighted by molar-refractivity contribution is -0.115. The molecule has 0 saturated heterocycles. The van der Waals surface area contributed by atoms with Gasteiger partial charge in [0.05, 0.1) is 18.4 Å². The Hall–Kier alpha value is -2.34. The summed E-state index contributed by atoms with van der Waals surface area (Å²) >= 11 is 0. The summed E-state index contributed by atoms with van der Waals surface area (Å²) in [6.45, 7) is 1.81. The average Bonchev–Trinajstić information content (AvgIpc) is 2.96. The maximum Gasteiger partial charge on any atom is 0.229 e. The first-order valence-electron chi connectivity index (χ1n) is 8.29. The van der Waals surface area contributed by atoms with Crippen molar-refractivity contribution in [2.45, 2.75) is 32.6 Å². The Morgan fingerprint density at radius 2 is 1.84 bits per heavy atom. The molecule has 2 aromatic rings. The number of carbonyl (C=O) groups is 1. The highest BCUT2D eigenvalue weighted by Gasteiger charge is 2.13. The minimum atomic E-state index is -3.36. The van der Waals surface area contributed by atoms with Gasteiger partial charge in [-0.1, -0.05) is 24.3 Å². The third kappa shape index (κ3) is 4.60. The fourth-order valence-electron chi connectivity index (χ4n) is 3.14. The van der Waals surface area contributed by atoms with Crippen molar-refractivity contribution in [3.8, 4) is 0 Å². The van der Waals surface area contributed by atoms with Crippen LogP contribution in [0.25, 0.3) is 0 Å². The van der Waals surface area contributed by atoms with Crippen LogP contribution in [0.4, 0.5) is 11.4 Å². The van der Waals surface area contributed by atoms with Gasteiger partial charge in [-0.15, -0.1) is 0 Å². The zero-order valence-electron chi connectivity index (χ0n) is 14.4. The van der Waals surface area contributed by atoms with Crippen molar-refractivity contribution in [2.75, 3.05) is 16.3 Å². The van der Waals surface area contributed by atoms with Crippen LogP contribution in [0.15, 0.2) is 36.4 Å². The highest BCUT2D eigenvalue weighted by Crippen LogP contribution is 2.24. The molecule has 0 bridgehead atoms. The maximum atomic E-state index is 12.3. The summed E-state index contributed by atoms with van der Waals surface area (Å²) in [4.78, 5) is 12.3. The van der Waals surface area contributed by atoms with Gasteiger partial charge < -0.3 is 5.32 Å². The van der Waals surface area contributed by atoms with Gasteiger partial charge in [-0.2, -0.15) is 0 Å². The van der Waals surface area contributed by atoms with Crippen LogP contribution in [0.5, 0.6) is 0 Å². The molecule has 2 aromatic carbocycles. The molecular weight excluding hydrogens is 336 g/mol. The van der Waals surface area contributed by atoms with E-state index < -0.39 is 10.0 Å². The lowest BCUT2D eigenvalue weighted by atomic mass is 10.0. The molecular formula is C19H22N2O3S. The van der Waals surface area contributed by atoms with Crippen LogP contribution >= 0.6 is 0 Å². The van der Waals surface area contributed by atoms with Crippen LogP contribution in [0.3, 0.4) is 0 Å². The zero-order valence-corrected chi connectivity index (χ0v) is 15.2. The molecule has 0 aliphatic heterocycles. The van der Waals surface area contributed by atoms with E-state index in [2.05, 4.69) is 22.2 Å². The van der Waals surface area contributed by atoms with Crippen molar-refractivity contribution in [2.24, 2.45) is 0 Å². The van der Waals surface area contributed by atoms with Gasteiger partial charge in [0.15, 0.2) is 0 Å². The molecule has 0 unspecified atom stereocenters. The van der Waals surface area contributed by atoms with E-state index in [0.29, 0.717) is 17.8 Å². The van der Waals surface area contributed by atoms with E-state index in [9.17, 15) is 13.2 Å². The van der Waals surface area contributed by atoms with Crippen LogP contribution in [-0.4, -0.2) is 20.6 Å². The van der Waals surface area contributed by atoms with Gasteiger partial charge in [-0.25, -0.2) is 8.42 Å². The lowest BCUT2D eigenvalue weighted by Crippen LogP contribution is -2.15. The third-order valence-corrected chi connectivity index (χ3v) is 4.93. The van der Waals surface area contributed by atoms with Crippen LogP contribution in [0, 0.1) is 6.92 Å². The predicted octanol–water partition coefficient (Wildman–Crippen LogP) is 3.04. The summed E-state index contributed by atoms with van der Waals surface area (Å²) in [6.07, 6.45) is 4.80. The molecule has 0 radical (unpaired) electrons.